The fourth-order valence-electron chi connectivity index (χ4n) is 3.82. The van der Waals surface area contributed by atoms with Gasteiger partial charge in [0.25, 0.3) is 0 Å². The smallest absolute Gasteiger partial charge is 0.407 e. The second-order valence-corrected chi connectivity index (χ2v) is 9.67. The van der Waals surface area contributed by atoms with E-state index in [2.05, 4.69) is 41.1 Å². The van der Waals surface area contributed by atoms with E-state index in [9.17, 15) is 4.79 Å². The summed E-state index contributed by atoms with van der Waals surface area (Å²) in [5, 5.41) is 7.25. The Hall–Kier alpha value is -1.60. The van der Waals surface area contributed by atoms with E-state index in [1.54, 1.807) is 0 Å². The molecule has 7 nitrogen and oxygen atoms in total. The molecule has 2 rings (SSSR count). The van der Waals surface area contributed by atoms with E-state index < -0.39 is 5.60 Å². The van der Waals surface area contributed by atoms with Crippen LogP contribution in [-0.2, 0) is 11.3 Å². The zero-order valence-electron chi connectivity index (χ0n) is 19.2. The summed E-state index contributed by atoms with van der Waals surface area (Å²) in [6.45, 7) is 16.1. The number of rotatable bonds is 9. The monoisotopic (exact) mass is 407 g/mol. The molecule has 0 radical (unpaired) electrons. The van der Waals surface area contributed by atoms with Gasteiger partial charge in [0.05, 0.1) is 6.54 Å². The van der Waals surface area contributed by atoms with Crippen LogP contribution in [-0.4, -0.2) is 77.1 Å². The number of piperidine rings is 1. The fourth-order valence-corrected chi connectivity index (χ4v) is 3.82. The highest BCUT2D eigenvalue weighted by Crippen LogP contribution is 2.19. The highest BCUT2D eigenvalue weighted by molar-refractivity contribution is 5.67. The molecule has 1 aliphatic rings. The Kier molecular flexibility index (Phi) is 8.96. The molecule has 2 heterocycles. The number of alkyl carbamates (subject to hydrolysis) is 1. The molecule has 1 saturated heterocycles. The summed E-state index contributed by atoms with van der Waals surface area (Å²) >= 11 is 0. The fraction of sp³-hybridized carbons (Fsp3) is 0.818. The molecule has 0 spiro atoms. The van der Waals surface area contributed by atoms with Crippen molar-refractivity contribution in [3.05, 3.63) is 18.5 Å². The lowest BCUT2D eigenvalue weighted by Crippen LogP contribution is -2.47. The van der Waals surface area contributed by atoms with Crippen LogP contribution in [0.2, 0.25) is 0 Å². The molecule has 29 heavy (non-hydrogen) atoms. The van der Waals surface area contributed by atoms with E-state index in [1.807, 2.05) is 43.9 Å². The van der Waals surface area contributed by atoms with Gasteiger partial charge in [-0.2, -0.15) is 5.10 Å². The van der Waals surface area contributed by atoms with Crippen LogP contribution >= 0.6 is 0 Å². The third-order valence-electron chi connectivity index (χ3n) is 5.76. The molecule has 0 saturated carbocycles. The maximum atomic E-state index is 12.0. The maximum Gasteiger partial charge on any atom is 0.407 e. The summed E-state index contributed by atoms with van der Waals surface area (Å²) in [6.07, 6.45) is 5.93. The third-order valence-corrected chi connectivity index (χ3v) is 5.76. The minimum Gasteiger partial charge on any atom is -0.444 e. The lowest BCUT2D eigenvalue weighted by Gasteiger charge is -2.38. The molecule has 1 aromatic heterocycles. The Morgan fingerprint density at radius 3 is 2.52 bits per heavy atom. The molecule has 1 fully saturated rings. The average Bonchev–Trinajstić information content (AvgIpc) is 3.15. The Morgan fingerprint density at radius 1 is 1.28 bits per heavy atom. The number of hydrogen-bond acceptors (Lipinski definition) is 5. The zero-order chi connectivity index (χ0) is 21.4. The highest BCUT2D eigenvalue weighted by Gasteiger charge is 2.26. The topological polar surface area (TPSA) is 62.6 Å². The standard InChI is InChI=1S/C22H41N5O2/c1-18(2)19(16-23-21(28)29-22(3,4)5)17-25(6)20-8-12-26(13-9-20)14-15-27-11-7-10-24-27/h7,10-11,18-20H,8-9,12-17H2,1-6H3,(H,23,28). The molecule has 7 heteroatoms. The van der Waals surface area contributed by atoms with Crippen LogP contribution in [0.3, 0.4) is 0 Å². The molecule has 1 N–H and O–H groups in total. The van der Waals surface area contributed by atoms with Crippen LogP contribution in [0.25, 0.3) is 0 Å². The lowest BCUT2D eigenvalue weighted by atomic mass is 9.93. The number of carbonyl (C=O) groups is 1. The van der Waals surface area contributed by atoms with Gasteiger partial charge in [0.15, 0.2) is 0 Å². The van der Waals surface area contributed by atoms with Crippen molar-refractivity contribution in [1.29, 1.82) is 0 Å². The molecule has 0 aromatic carbocycles. The Labute approximate surface area is 176 Å². The third kappa shape index (κ3) is 8.74. The SMILES string of the molecule is CC(C)C(CNC(=O)OC(C)(C)C)CN(C)C1CCN(CCn2cccn2)CC1. The van der Waals surface area contributed by atoms with Crippen molar-refractivity contribution in [2.75, 3.05) is 39.8 Å². The van der Waals surface area contributed by atoms with Gasteiger partial charge in [-0.3, -0.25) is 4.68 Å². The summed E-state index contributed by atoms with van der Waals surface area (Å²) < 4.78 is 7.38. The van der Waals surface area contributed by atoms with Gasteiger partial charge in [-0.1, -0.05) is 13.8 Å². The largest absolute Gasteiger partial charge is 0.444 e. The van der Waals surface area contributed by atoms with E-state index in [1.165, 1.54) is 12.8 Å². The van der Waals surface area contributed by atoms with E-state index in [0.717, 1.165) is 32.7 Å². The number of nitrogens with one attached hydrogen (secondary N) is 1. The minimum atomic E-state index is -0.459. The molecule has 1 unspecified atom stereocenters. The number of hydrogen-bond donors (Lipinski definition) is 1. The number of ether oxygens (including phenoxy) is 1. The maximum absolute atomic E-state index is 12.0. The molecular formula is C22H41N5O2. The molecule has 0 aliphatic carbocycles. The first-order valence-electron chi connectivity index (χ1n) is 11.0. The first kappa shape index (κ1) is 23.7. The molecule has 1 aromatic rings. The quantitative estimate of drug-likeness (QED) is 0.682. The average molecular weight is 408 g/mol. The van der Waals surface area contributed by atoms with Crippen molar-refractivity contribution >= 4 is 6.09 Å². The summed E-state index contributed by atoms with van der Waals surface area (Å²) in [7, 11) is 2.23. The summed E-state index contributed by atoms with van der Waals surface area (Å²) in [5.74, 6) is 0.909. The summed E-state index contributed by atoms with van der Waals surface area (Å²) in [5.41, 5.74) is -0.459. The number of aromatic nitrogens is 2. The van der Waals surface area contributed by atoms with Crippen molar-refractivity contribution in [3.8, 4) is 0 Å². The normalized spacial score (nSPS) is 17.7. The number of carbonyl (C=O) groups excluding carboxylic acids is 1. The van der Waals surface area contributed by atoms with Crippen LogP contribution in [0.15, 0.2) is 18.5 Å². The van der Waals surface area contributed by atoms with Gasteiger partial charge >= 0.3 is 6.09 Å². The molecule has 166 valence electrons. The first-order chi connectivity index (χ1) is 13.6. The van der Waals surface area contributed by atoms with Crippen LogP contribution < -0.4 is 5.32 Å². The molecule has 1 atom stereocenters. The van der Waals surface area contributed by atoms with Gasteiger partial charge in [0.1, 0.15) is 5.60 Å². The van der Waals surface area contributed by atoms with Crippen LogP contribution in [0.1, 0.15) is 47.5 Å². The predicted molar refractivity (Wildman–Crippen MR) is 117 cm³/mol. The Balaban J connectivity index is 1.72. The first-order valence-corrected chi connectivity index (χ1v) is 11.0. The van der Waals surface area contributed by atoms with Crippen molar-refractivity contribution in [1.82, 2.24) is 24.9 Å². The Morgan fingerprint density at radius 2 is 1.97 bits per heavy atom. The van der Waals surface area contributed by atoms with Crippen molar-refractivity contribution < 1.29 is 9.53 Å². The van der Waals surface area contributed by atoms with Gasteiger partial charge < -0.3 is 19.9 Å². The van der Waals surface area contributed by atoms with Crippen molar-refractivity contribution in [2.45, 2.75) is 65.6 Å². The number of likely N-dealkylation sites (tertiary alicyclic amines) is 1. The van der Waals surface area contributed by atoms with Crippen LogP contribution in [0.4, 0.5) is 4.79 Å². The number of amides is 1. The van der Waals surface area contributed by atoms with Gasteiger partial charge in [-0.05, 0) is 71.7 Å². The molecular weight excluding hydrogens is 366 g/mol. The Bertz CT molecular complexity index is 589. The zero-order valence-corrected chi connectivity index (χ0v) is 19.2. The van der Waals surface area contributed by atoms with E-state index in [0.29, 0.717) is 24.4 Å². The summed E-state index contributed by atoms with van der Waals surface area (Å²) in [4.78, 5) is 17.0. The van der Waals surface area contributed by atoms with Gasteiger partial charge in [-0.25, -0.2) is 4.79 Å². The lowest BCUT2D eigenvalue weighted by molar-refractivity contribution is 0.0501. The van der Waals surface area contributed by atoms with Gasteiger partial charge in [-0.15, -0.1) is 0 Å². The van der Waals surface area contributed by atoms with Crippen LogP contribution in [0.5, 0.6) is 0 Å². The second kappa shape index (κ2) is 11.0. The highest BCUT2D eigenvalue weighted by atomic mass is 16.6. The van der Waals surface area contributed by atoms with E-state index in [-0.39, 0.29) is 6.09 Å². The number of nitrogens with zero attached hydrogens (tertiary/aromatic N) is 4. The van der Waals surface area contributed by atoms with Crippen molar-refractivity contribution in [2.24, 2.45) is 11.8 Å². The van der Waals surface area contributed by atoms with Crippen LogP contribution in [0, 0.1) is 11.8 Å². The molecule has 0 bridgehead atoms. The second-order valence-electron chi connectivity index (χ2n) is 9.67. The molecule has 1 aliphatic heterocycles. The van der Waals surface area contributed by atoms with Crippen molar-refractivity contribution in [3.63, 3.8) is 0 Å². The van der Waals surface area contributed by atoms with Gasteiger partial charge in [0.2, 0.25) is 0 Å². The predicted octanol–water partition coefficient (Wildman–Crippen LogP) is 3.08. The van der Waals surface area contributed by atoms with E-state index in [4.69, 9.17) is 4.74 Å². The van der Waals surface area contributed by atoms with E-state index >= 15 is 0 Å². The minimum absolute atomic E-state index is 0.323. The summed E-state index contributed by atoms with van der Waals surface area (Å²) in [6, 6.07) is 2.59. The molecule has 1 amide bonds. The van der Waals surface area contributed by atoms with Gasteiger partial charge in [0, 0.05) is 38.1 Å².